The van der Waals surface area contributed by atoms with E-state index in [4.69, 9.17) is 4.74 Å². The number of para-hydroxylation sites is 1. The van der Waals surface area contributed by atoms with E-state index in [0.717, 1.165) is 36.3 Å². The maximum absolute atomic E-state index is 10.4. The van der Waals surface area contributed by atoms with Gasteiger partial charge < -0.3 is 20.5 Å². The van der Waals surface area contributed by atoms with Crippen molar-refractivity contribution in [1.82, 2.24) is 10.6 Å². The molecular formula is C20H33N3O2. The monoisotopic (exact) mass is 347 g/mol. The fourth-order valence-corrected chi connectivity index (χ4v) is 2.52. The molecule has 140 valence electrons. The molecule has 0 spiro atoms. The molecule has 1 aliphatic rings. The third kappa shape index (κ3) is 6.58. The van der Waals surface area contributed by atoms with Crippen molar-refractivity contribution in [1.29, 1.82) is 0 Å². The predicted octanol–water partition coefficient (Wildman–Crippen LogP) is 3.08. The lowest BCUT2D eigenvalue weighted by molar-refractivity contribution is 0.0367. The van der Waals surface area contributed by atoms with Crippen molar-refractivity contribution in [3.05, 3.63) is 29.8 Å². The summed E-state index contributed by atoms with van der Waals surface area (Å²) in [5.74, 6) is 2.38. The molecule has 0 saturated heterocycles. The summed E-state index contributed by atoms with van der Waals surface area (Å²) in [4.78, 5) is 4.66. The molecule has 3 N–H and O–H groups in total. The van der Waals surface area contributed by atoms with Crippen LogP contribution in [0, 0.1) is 5.92 Å². The first kappa shape index (κ1) is 19.6. The largest absolute Gasteiger partial charge is 0.493 e. The fraction of sp³-hybridized carbons (Fsp3) is 0.650. The van der Waals surface area contributed by atoms with Crippen molar-refractivity contribution < 1.29 is 9.84 Å². The van der Waals surface area contributed by atoms with E-state index in [1.165, 1.54) is 12.8 Å². The fourth-order valence-electron chi connectivity index (χ4n) is 2.52. The van der Waals surface area contributed by atoms with Crippen LogP contribution < -0.4 is 15.4 Å². The number of guanidine groups is 1. The first-order chi connectivity index (χ1) is 12.1. The van der Waals surface area contributed by atoms with Crippen LogP contribution >= 0.6 is 0 Å². The summed E-state index contributed by atoms with van der Waals surface area (Å²) in [6.45, 7) is 8.67. The van der Waals surface area contributed by atoms with Crippen LogP contribution in [0.2, 0.25) is 0 Å². The molecule has 5 nitrogen and oxygen atoms in total. The summed E-state index contributed by atoms with van der Waals surface area (Å²) in [5, 5.41) is 16.9. The Morgan fingerprint density at radius 3 is 2.56 bits per heavy atom. The highest BCUT2D eigenvalue weighted by Crippen LogP contribution is 2.30. The Morgan fingerprint density at radius 1 is 1.20 bits per heavy atom. The number of aliphatic imine (C=N–C) groups is 1. The number of ether oxygens (including phenoxy) is 1. The molecule has 25 heavy (non-hydrogen) atoms. The lowest BCUT2D eigenvalue weighted by Crippen LogP contribution is -2.46. The maximum atomic E-state index is 10.4. The predicted molar refractivity (Wildman–Crippen MR) is 103 cm³/mol. The van der Waals surface area contributed by atoms with Gasteiger partial charge in [-0.05, 0) is 44.6 Å². The van der Waals surface area contributed by atoms with Crippen molar-refractivity contribution in [2.75, 3.05) is 19.7 Å². The molecular weight excluding hydrogens is 314 g/mol. The van der Waals surface area contributed by atoms with Gasteiger partial charge in [-0.1, -0.05) is 32.0 Å². The van der Waals surface area contributed by atoms with Crippen LogP contribution in [0.3, 0.4) is 0 Å². The Labute approximate surface area is 151 Å². The van der Waals surface area contributed by atoms with Crippen molar-refractivity contribution >= 4 is 5.96 Å². The average molecular weight is 348 g/mol. The molecule has 0 unspecified atom stereocenters. The van der Waals surface area contributed by atoms with E-state index in [1.54, 1.807) is 0 Å². The Morgan fingerprint density at radius 2 is 1.92 bits per heavy atom. The molecule has 1 aliphatic carbocycles. The van der Waals surface area contributed by atoms with Gasteiger partial charge in [0.05, 0.1) is 18.8 Å². The van der Waals surface area contributed by atoms with E-state index in [9.17, 15) is 5.11 Å². The summed E-state index contributed by atoms with van der Waals surface area (Å²) >= 11 is 0. The molecule has 1 saturated carbocycles. The van der Waals surface area contributed by atoms with Gasteiger partial charge in [0.15, 0.2) is 5.96 Å². The van der Waals surface area contributed by atoms with E-state index in [2.05, 4.69) is 21.7 Å². The van der Waals surface area contributed by atoms with Crippen LogP contribution in [0.1, 0.15) is 52.0 Å². The summed E-state index contributed by atoms with van der Waals surface area (Å²) in [6, 6.07) is 8.09. The quantitative estimate of drug-likeness (QED) is 0.449. The van der Waals surface area contributed by atoms with Gasteiger partial charge in [0.25, 0.3) is 0 Å². The summed E-state index contributed by atoms with van der Waals surface area (Å²) in [7, 11) is 0. The van der Waals surface area contributed by atoms with Crippen LogP contribution in [0.4, 0.5) is 0 Å². The normalized spacial score (nSPS) is 15.1. The topological polar surface area (TPSA) is 65.9 Å². The van der Waals surface area contributed by atoms with E-state index in [0.29, 0.717) is 25.9 Å². The van der Waals surface area contributed by atoms with Crippen LogP contribution in [-0.4, -0.2) is 36.4 Å². The summed E-state index contributed by atoms with van der Waals surface area (Å²) in [6.07, 6.45) is 4.00. The van der Waals surface area contributed by atoms with Gasteiger partial charge in [-0.25, -0.2) is 4.99 Å². The SMILES string of the molecule is CCNC(=NCc1ccccc1OCC1CC1)NCC(O)(CC)CC. The molecule has 1 aromatic rings. The first-order valence-electron chi connectivity index (χ1n) is 9.55. The van der Waals surface area contributed by atoms with Gasteiger partial charge in [-0.2, -0.15) is 0 Å². The van der Waals surface area contributed by atoms with Crippen LogP contribution in [-0.2, 0) is 6.54 Å². The maximum Gasteiger partial charge on any atom is 0.191 e. The van der Waals surface area contributed by atoms with Crippen LogP contribution in [0.25, 0.3) is 0 Å². The van der Waals surface area contributed by atoms with Gasteiger partial charge in [0, 0.05) is 18.7 Å². The van der Waals surface area contributed by atoms with E-state index in [-0.39, 0.29) is 0 Å². The lowest BCUT2D eigenvalue weighted by atomic mass is 9.98. The average Bonchev–Trinajstić information content (AvgIpc) is 3.47. The number of benzene rings is 1. The number of hydrogen-bond donors (Lipinski definition) is 3. The smallest absolute Gasteiger partial charge is 0.191 e. The summed E-state index contributed by atoms with van der Waals surface area (Å²) in [5.41, 5.74) is 0.392. The third-order valence-electron chi connectivity index (χ3n) is 4.80. The van der Waals surface area contributed by atoms with E-state index < -0.39 is 5.60 Å². The molecule has 0 atom stereocenters. The zero-order chi connectivity index (χ0) is 18.1. The Bertz CT molecular complexity index is 552. The van der Waals surface area contributed by atoms with Gasteiger partial charge in [-0.15, -0.1) is 0 Å². The van der Waals surface area contributed by atoms with Crippen molar-refractivity contribution in [3.63, 3.8) is 0 Å². The molecule has 0 radical (unpaired) electrons. The Kier molecular flexibility index (Phi) is 7.56. The lowest BCUT2D eigenvalue weighted by Gasteiger charge is -2.26. The molecule has 1 fully saturated rings. The molecule has 1 aromatic carbocycles. The van der Waals surface area contributed by atoms with Gasteiger partial charge in [-0.3, -0.25) is 0 Å². The second-order valence-electron chi connectivity index (χ2n) is 6.84. The zero-order valence-electron chi connectivity index (χ0n) is 15.8. The highest BCUT2D eigenvalue weighted by Gasteiger charge is 2.23. The second-order valence-corrected chi connectivity index (χ2v) is 6.84. The minimum atomic E-state index is -0.693. The second kappa shape index (κ2) is 9.66. The minimum absolute atomic E-state index is 0.492. The molecule has 0 amide bonds. The van der Waals surface area contributed by atoms with E-state index in [1.807, 2.05) is 39.0 Å². The summed E-state index contributed by atoms with van der Waals surface area (Å²) < 4.78 is 5.95. The first-order valence-corrected chi connectivity index (χ1v) is 9.55. The number of aliphatic hydroxyl groups is 1. The van der Waals surface area contributed by atoms with Crippen molar-refractivity contribution in [3.8, 4) is 5.75 Å². The molecule has 0 bridgehead atoms. The van der Waals surface area contributed by atoms with Crippen LogP contribution in [0.15, 0.2) is 29.3 Å². The number of hydrogen-bond acceptors (Lipinski definition) is 3. The standard InChI is InChI=1S/C20H33N3O2/c1-4-20(24,5-2)15-23-19(21-6-3)22-13-17-9-7-8-10-18(17)25-14-16-11-12-16/h7-10,16,24H,4-6,11-15H2,1-3H3,(H2,21,22,23). The highest BCUT2D eigenvalue weighted by molar-refractivity contribution is 5.79. The van der Waals surface area contributed by atoms with Gasteiger partial charge >= 0.3 is 0 Å². The zero-order valence-corrected chi connectivity index (χ0v) is 15.8. The molecule has 0 aromatic heterocycles. The number of rotatable bonds is 10. The van der Waals surface area contributed by atoms with Crippen LogP contribution in [0.5, 0.6) is 5.75 Å². The van der Waals surface area contributed by atoms with Gasteiger partial charge in [0.1, 0.15) is 5.75 Å². The van der Waals surface area contributed by atoms with Gasteiger partial charge in [0.2, 0.25) is 0 Å². The molecule has 0 aliphatic heterocycles. The Balaban J connectivity index is 1.97. The number of nitrogens with zero attached hydrogens (tertiary/aromatic N) is 1. The minimum Gasteiger partial charge on any atom is -0.493 e. The highest BCUT2D eigenvalue weighted by atomic mass is 16.5. The van der Waals surface area contributed by atoms with Crippen molar-refractivity contribution in [2.45, 2.75) is 58.6 Å². The number of nitrogens with one attached hydrogen (secondary N) is 2. The molecule has 0 heterocycles. The molecule has 5 heteroatoms. The van der Waals surface area contributed by atoms with E-state index >= 15 is 0 Å². The molecule has 2 rings (SSSR count). The third-order valence-corrected chi connectivity index (χ3v) is 4.80. The van der Waals surface area contributed by atoms with Crippen molar-refractivity contribution in [2.24, 2.45) is 10.9 Å². The Hall–Kier alpha value is -1.75.